The van der Waals surface area contributed by atoms with Crippen LogP contribution in [0.15, 0.2) is 60.8 Å². The number of halogens is 1. The van der Waals surface area contributed by atoms with Gasteiger partial charge in [-0.3, -0.25) is 15.0 Å². The van der Waals surface area contributed by atoms with Gasteiger partial charge >= 0.3 is 0 Å². The number of carbonyl (C=O) groups is 1. The molecule has 0 atom stereocenters. The molecule has 1 N–H and O–H groups in total. The average molecular weight is 451 g/mol. The van der Waals surface area contributed by atoms with Gasteiger partial charge < -0.3 is 0 Å². The molecule has 0 aliphatic carbocycles. The Bertz CT molecular complexity index is 1220. The lowest BCUT2D eigenvalue weighted by Crippen LogP contribution is -2.29. The molecule has 1 aliphatic rings. The van der Waals surface area contributed by atoms with Crippen molar-refractivity contribution < 1.29 is 9.18 Å². The molecule has 0 saturated heterocycles. The molecule has 5 nitrogen and oxygen atoms in total. The minimum absolute atomic E-state index is 0.271. The third-order valence-electron chi connectivity index (χ3n) is 5.11. The molecule has 0 bridgehead atoms. The maximum absolute atomic E-state index is 14.0. The number of thiazole rings is 2. The first kappa shape index (κ1) is 20.0. The molecular formula is C23H19FN4OS2. The Labute approximate surface area is 187 Å². The first-order valence-corrected chi connectivity index (χ1v) is 11.6. The molecule has 0 radical (unpaired) electrons. The average Bonchev–Trinajstić information content (AvgIpc) is 3.41. The number of carbonyl (C=O) groups excluding carboxylic acids is 1. The lowest BCUT2D eigenvalue weighted by atomic mass is 10.1. The second-order valence-corrected chi connectivity index (χ2v) is 9.41. The summed E-state index contributed by atoms with van der Waals surface area (Å²) in [4.78, 5) is 25.5. The summed E-state index contributed by atoms with van der Waals surface area (Å²) in [6.45, 7) is 2.68. The summed E-state index contributed by atoms with van der Waals surface area (Å²) in [5, 5.41) is 3.97. The van der Waals surface area contributed by atoms with Crippen LogP contribution in [0.5, 0.6) is 0 Å². The topological polar surface area (TPSA) is 58.1 Å². The van der Waals surface area contributed by atoms with Crippen molar-refractivity contribution in [2.45, 2.75) is 19.5 Å². The molecule has 0 spiro atoms. The van der Waals surface area contributed by atoms with Gasteiger partial charge in [0.2, 0.25) is 0 Å². The van der Waals surface area contributed by atoms with Gasteiger partial charge in [-0.1, -0.05) is 42.5 Å². The molecule has 3 heterocycles. The lowest BCUT2D eigenvalue weighted by Gasteiger charge is -2.25. The van der Waals surface area contributed by atoms with Gasteiger partial charge in [0.15, 0.2) is 5.13 Å². The van der Waals surface area contributed by atoms with E-state index in [4.69, 9.17) is 0 Å². The van der Waals surface area contributed by atoms with E-state index in [0.29, 0.717) is 20.6 Å². The lowest BCUT2D eigenvalue weighted by molar-refractivity contribution is 0.103. The van der Waals surface area contributed by atoms with E-state index in [0.717, 1.165) is 31.7 Å². The fourth-order valence-electron chi connectivity index (χ4n) is 3.58. The van der Waals surface area contributed by atoms with Crippen molar-refractivity contribution in [1.82, 2.24) is 14.9 Å². The van der Waals surface area contributed by atoms with E-state index in [2.05, 4.69) is 44.5 Å². The molecule has 4 aromatic rings. The smallest absolute Gasteiger partial charge is 0.269 e. The SMILES string of the molecule is O=C(Nc1nc2c(s1)CN(Cc1ccccc1)CC2)c1cnc(-c2ccccc2F)s1. The first-order valence-electron chi connectivity index (χ1n) is 9.92. The molecule has 0 saturated carbocycles. The second-order valence-electron chi connectivity index (χ2n) is 7.30. The monoisotopic (exact) mass is 450 g/mol. The Kier molecular flexibility index (Phi) is 5.59. The highest BCUT2D eigenvalue weighted by Crippen LogP contribution is 2.31. The third-order valence-corrected chi connectivity index (χ3v) is 7.14. The Balaban J connectivity index is 1.26. The van der Waals surface area contributed by atoms with Crippen LogP contribution in [-0.2, 0) is 19.5 Å². The zero-order chi connectivity index (χ0) is 21.2. The van der Waals surface area contributed by atoms with Gasteiger partial charge in [-0.05, 0) is 17.7 Å². The van der Waals surface area contributed by atoms with Crippen molar-refractivity contribution in [3.8, 4) is 10.6 Å². The summed E-state index contributed by atoms with van der Waals surface area (Å²) in [5.74, 6) is -0.621. The van der Waals surface area contributed by atoms with Crippen molar-refractivity contribution in [3.63, 3.8) is 0 Å². The highest BCUT2D eigenvalue weighted by atomic mass is 32.1. The van der Waals surface area contributed by atoms with Gasteiger partial charge in [0.25, 0.3) is 5.91 Å². The van der Waals surface area contributed by atoms with E-state index in [1.807, 2.05) is 6.07 Å². The molecule has 0 unspecified atom stereocenters. The molecule has 1 amide bonds. The number of nitrogens with zero attached hydrogens (tertiary/aromatic N) is 3. The summed E-state index contributed by atoms with van der Waals surface area (Å²) < 4.78 is 14.0. The van der Waals surface area contributed by atoms with Crippen LogP contribution in [0.1, 0.15) is 25.8 Å². The molecule has 31 heavy (non-hydrogen) atoms. The van der Waals surface area contributed by atoms with Crippen LogP contribution < -0.4 is 5.32 Å². The fourth-order valence-corrected chi connectivity index (χ4v) is 5.46. The summed E-state index contributed by atoms with van der Waals surface area (Å²) >= 11 is 2.69. The molecule has 156 valence electrons. The van der Waals surface area contributed by atoms with Gasteiger partial charge in [0.1, 0.15) is 15.7 Å². The Morgan fingerprint density at radius 2 is 1.90 bits per heavy atom. The largest absolute Gasteiger partial charge is 0.297 e. The van der Waals surface area contributed by atoms with Crippen molar-refractivity contribution in [2.75, 3.05) is 11.9 Å². The zero-order valence-corrected chi connectivity index (χ0v) is 18.2. The van der Waals surface area contributed by atoms with E-state index in [1.54, 1.807) is 18.2 Å². The summed E-state index contributed by atoms with van der Waals surface area (Å²) in [7, 11) is 0. The molecule has 2 aromatic carbocycles. The minimum atomic E-state index is -0.350. The van der Waals surface area contributed by atoms with Crippen LogP contribution >= 0.6 is 22.7 Å². The van der Waals surface area contributed by atoms with E-state index < -0.39 is 0 Å². The predicted molar refractivity (Wildman–Crippen MR) is 122 cm³/mol. The Hall–Kier alpha value is -2.94. The molecule has 1 aliphatic heterocycles. The number of nitrogens with one attached hydrogen (secondary N) is 1. The fraction of sp³-hybridized carbons (Fsp3) is 0.174. The third kappa shape index (κ3) is 4.41. The maximum atomic E-state index is 14.0. The van der Waals surface area contributed by atoms with E-state index in [1.165, 1.54) is 45.4 Å². The van der Waals surface area contributed by atoms with Crippen LogP contribution in [0.3, 0.4) is 0 Å². The molecular weight excluding hydrogens is 431 g/mol. The number of aromatic nitrogens is 2. The van der Waals surface area contributed by atoms with Crippen molar-refractivity contribution in [2.24, 2.45) is 0 Å². The van der Waals surface area contributed by atoms with Crippen LogP contribution in [0.25, 0.3) is 10.6 Å². The number of benzene rings is 2. The van der Waals surface area contributed by atoms with Crippen molar-refractivity contribution in [3.05, 3.63) is 87.6 Å². The summed E-state index contributed by atoms with van der Waals surface area (Å²) in [6, 6.07) is 16.8. The Morgan fingerprint density at radius 3 is 2.74 bits per heavy atom. The van der Waals surface area contributed by atoms with Gasteiger partial charge in [-0.25, -0.2) is 14.4 Å². The number of hydrogen-bond acceptors (Lipinski definition) is 6. The van der Waals surface area contributed by atoms with Crippen LogP contribution in [0.2, 0.25) is 0 Å². The first-order chi connectivity index (χ1) is 15.2. The van der Waals surface area contributed by atoms with Gasteiger partial charge in [-0.15, -0.1) is 22.7 Å². The normalized spacial score (nSPS) is 13.7. The van der Waals surface area contributed by atoms with Gasteiger partial charge in [0, 0.05) is 36.5 Å². The number of rotatable bonds is 5. The number of hydrogen-bond donors (Lipinski definition) is 1. The maximum Gasteiger partial charge on any atom is 0.269 e. The highest BCUT2D eigenvalue weighted by Gasteiger charge is 2.22. The molecule has 2 aromatic heterocycles. The van der Waals surface area contributed by atoms with Crippen LogP contribution in [0, 0.1) is 5.82 Å². The Morgan fingerprint density at radius 1 is 1.10 bits per heavy atom. The van der Waals surface area contributed by atoms with E-state index in [-0.39, 0.29) is 11.7 Å². The molecule has 0 fully saturated rings. The van der Waals surface area contributed by atoms with Crippen molar-refractivity contribution >= 4 is 33.7 Å². The number of amides is 1. The van der Waals surface area contributed by atoms with Crippen molar-refractivity contribution in [1.29, 1.82) is 0 Å². The number of fused-ring (bicyclic) bond motifs is 1. The molecule has 8 heteroatoms. The standard InChI is InChI=1S/C23H19FN4OS2/c24-17-9-5-4-8-16(17)22-25-12-19(30-22)21(29)27-23-26-18-10-11-28(14-20(18)31-23)13-15-6-2-1-3-7-15/h1-9,12H,10-11,13-14H2,(H,26,27,29). The summed E-state index contributed by atoms with van der Waals surface area (Å²) in [5.41, 5.74) is 2.75. The highest BCUT2D eigenvalue weighted by molar-refractivity contribution is 7.17. The van der Waals surface area contributed by atoms with Crippen LogP contribution in [-0.4, -0.2) is 27.3 Å². The second kappa shape index (κ2) is 8.66. The summed E-state index contributed by atoms with van der Waals surface area (Å²) in [6.07, 6.45) is 2.35. The van der Waals surface area contributed by atoms with E-state index >= 15 is 0 Å². The van der Waals surface area contributed by atoms with Gasteiger partial charge in [0.05, 0.1) is 11.9 Å². The predicted octanol–water partition coefficient (Wildman–Crippen LogP) is 5.22. The minimum Gasteiger partial charge on any atom is -0.297 e. The quantitative estimate of drug-likeness (QED) is 0.453. The van der Waals surface area contributed by atoms with E-state index in [9.17, 15) is 9.18 Å². The van der Waals surface area contributed by atoms with Crippen LogP contribution in [0.4, 0.5) is 9.52 Å². The zero-order valence-electron chi connectivity index (χ0n) is 16.5. The number of anilines is 1. The van der Waals surface area contributed by atoms with Gasteiger partial charge in [-0.2, -0.15) is 0 Å². The molecule has 5 rings (SSSR count).